The molecule has 6 nitrogen and oxygen atoms in total. The maximum Gasteiger partial charge on any atom is 0.319 e. The van der Waals surface area contributed by atoms with Crippen molar-refractivity contribution in [3.63, 3.8) is 0 Å². The van der Waals surface area contributed by atoms with Gasteiger partial charge in [0.15, 0.2) is 0 Å². The minimum atomic E-state index is -0.575. The first kappa shape index (κ1) is 17.0. The molecule has 0 heterocycles. The monoisotopic (exact) mass is 292 g/mol. The summed E-state index contributed by atoms with van der Waals surface area (Å²) in [5, 5.41) is 11.1. The van der Waals surface area contributed by atoms with Crippen LogP contribution in [0.3, 0.4) is 0 Å². The number of carbonyl (C=O) groups excluding carboxylic acids is 2. The van der Waals surface area contributed by atoms with E-state index in [1.54, 1.807) is 6.92 Å². The highest BCUT2D eigenvalue weighted by Gasteiger charge is 2.14. The van der Waals surface area contributed by atoms with Crippen molar-refractivity contribution in [2.75, 3.05) is 18.9 Å². The Labute approximate surface area is 125 Å². The molecule has 0 aliphatic heterocycles. The number of urea groups is 1. The Morgan fingerprint density at radius 3 is 2.29 bits per heavy atom. The lowest BCUT2D eigenvalue weighted by atomic mass is 10.1. The summed E-state index contributed by atoms with van der Waals surface area (Å²) in [6.07, 6.45) is 0. The van der Waals surface area contributed by atoms with Crippen molar-refractivity contribution in [1.29, 1.82) is 0 Å². The van der Waals surface area contributed by atoms with E-state index in [0.717, 1.165) is 5.56 Å². The molecule has 1 aromatic rings. The van der Waals surface area contributed by atoms with Gasteiger partial charge in [0.2, 0.25) is 5.91 Å². The molecule has 3 amide bonds. The molecule has 1 aromatic carbocycles. The van der Waals surface area contributed by atoms with Gasteiger partial charge >= 0.3 is 6.03 Å². The van der Waals surface area contributed by atoms with Gasteiger partial charge in [-0.15, -0.1) is 0 Å². The number of carbonyl (C=O) groups is 2. The van der Waals surface area contributed by atoms with Crippen molar-refractivity contribution in [3.05, 3.63) is 29.8 Å². The van der Waals surface area contributed by atoms with Crippen LogP contribution in [0.1, 0.15) is 32.4 Å². The van der Waals surface area contributed by atoms with Crippen molar-refractivity contribution in [2.45, 2.75) is 32.9 Å². The van der Waals surface area contributed by atoms with E-state index in [1.165, 1.54) is 0 Å². The topological polar surface area (TPSA) is 82.3 Å². The summed E-state index contributed by atoms with van der Waals surface area (Å²) in [5.74, 6) is -0.203. The summed E-state index contributed by atoms with van der Waals surface area (Å²) < 4.78 is 0. The van der Waals surface area contributed by atoms with E-state index in [-0.39, 0.29) is 11.9 Å². The van der Waals surface area contributed by atoms with Gasteiger partial charge in [0, 0.05) is 18.3 Å². The maximum absolute atomic E-state index is 11.8. The molecule has 0 fully saturated rings. The van der Waals surface area contributed by atoms with E-state index in [9.17, 15) is 9.59 Å². The van der Waals surface area contributed by atoms with Crippen LogP contribution in [-0.2, 0) is 4.79 Å². The third-order valence-corrected chi connectivity index (χ3v) is 3.19. The van der Waals surface area contributed by atoms with Crippen LogP contribution in [0.25, 0.3) is 0 Å². The average molecular weight is 292 g/mol. The molecule has 0 spiro atoms. The van der Waals surface area contributed by atoms with Gasteiger partial charge in [0.25, 0.3) is 0 Å². The fourth-order valence-electron chi connectivity index (χ4n) is 1.78. The Hall–Kier alpha value is -2.08. The molecule has 0 aliphatic carbocycles. The zero-order valence-electron chi connectivity index (χ0n) is 13.0. The molecule has 21 heavy (non-hydrogen) atoms. The summed E-state index contributed by atoms with van der Waals surface area (Å²) >= 11 is 0. The Kier molecular flexibility index (Phi) is 6.68. The molecular weight excluding hydrogens is 268 g/mol. The number of benzene rings is 1. The highest BCUT2D eigenvalue weighted by molar-refractivity contribution is 5.93. The highest BCUT2D eigenvalue weighted by atomic mass is 16.2. The van der Waals surface area contributed by atoms with E-state index in [4.69, 9.17) is 0 Å². The third kappa shape index (κ3) is 5.43. The van der Waals surface area contributed by atoms with E-state index in [1.807, 2.05) is 38.2 Å². The van der Waals surface area contributed by atoms with Crippen molar-refractivity contribution < 1.29 is 9.59 Å². The highest BCUT2D eigenvalue weighted by Crippen LogP contribution is 2.15. The van der Waals surface area contributed by atoms with Crippen molar-refractivity contribution in [2.24, 2.45) is 0 Å². The third-order valence-electron chi connectivity index (χ3n) is 3.19. The van der Waals surface area contributed by atoms with Crippen molar-refractivity contribution in [1.82, 2.24) is 16.0 Å². The van der Waals surface area contributed by atoms with Gasteiger partial charge in [-0.25, -0.2) is 4.79 Å². The SMILES string of the molecule is CCNC(=O)C(C)NC(=O)Nc1ccc(C(C)NC)cc1. The van der Waals surface area contributed by atoms with Gasteiger partial charge in [-0.1, -0.05) is 12.1 Å². The molecule has 0 aliphatic rings. The second kappa shape index (κ2) is 8.26. The first-order valence-corrected chi connectivity index (χ1v) is 7.10. The fourth-order valence-corrected chi connectivity index (χ4v) is 1.78. The fraction of sp³-hybridized carbons (Fsp3) is 0.467. The van der Waals surface area contributed by atoms with Crippen LogP contribution in [0.4, 0.5) is 10.5 Å². The van der Waals surface area contributed by atoms with Gasteiger partial charge in [0.05, 0.1) is 0 Å². The van der Waals surface area contributed by atoms with Crippen LogP contribution < -0.4 is 21.3 Å². The number of hydrogen-bond acceptors (Lipinski definition) is 3. The first-order valence-electron chi connectivity index (χ1n) is 7.10. The summed E-state index contributed by atoms with van der Waals surface area (Å²) in [6.45, 7) is 6.07. The second-order valence-corrected chi connectivity index (χ2v) is 4.85. The Bertz CT molecular complexity index is 473. The molecule has 0 bridgehead atoms. The molecular formula is C15H24N4O2. The van der Waals surface area contributed by atoms with Crippen LogP contribution in [0.2, 0.25) is 0 Å². The first-order chi connectivity index (χ1) is 9.97. The number of rotatable bonds is 6. The molecule has 1 rings (SSSR count). The number of likely N-dealkylation sites (N-methyl/N-ethyl adjacent to an activating group) is 1. The molecule has 2 unspecified atom stereocenters. The zero-order chi connectivity index (χ0) is 15.8. The maximum atomic E-state index is 11.8. The largest absolute Gasteiger partial charge is 0.355 e. The Morgan fingerprint density at radius 2 is 1.76 bits per heavy atom. The molecule has 4 N–H and O–H groups in total. The standard InChI is InChI=1S/C15H24N4O2/c1-5-17-14(20)11(3)18-15(21)19-13-8-6-12(7-9-13)10(2)16-4/h6-11,16H,5H2,1-4H3,(H,17,20)(H2,18,19,21). The molecule has 0 saturated heterocycles. The number of amides is 3. The predicted molar refractivity (Wildman–Crippen MR) is 84.2 cm³/mol. The van der Waals surface area contributed by atoms with Gasteiger partial charge < -0.3 is 21.3 Å². The second-order valence-electron chi connectivity index (χ2n) is 4.85. The van der Waals surface area contributed by atoms with Crippen LogP contribution in [-0.4, -0.2) is 31.6 Å². The molecule has 2 atom stereocenters. The lowest BCUT2D eigenvalue weighted by Gasteiger charge is -2.15. The minimum Gasteiger partial charge on any atom is -0.355 e. The lowest BCUT2D eigenvalue weighted by Crippen LogP contribution is -2.46. The molecule has 0 saturated carbocycles. The summed E-state index contributed by atoms with van der Waals surface area (Å²) in [7, 11) is 1.90. The lowest BCUT2D eigenvalue weighted by molar-refractivity contribution is -0.122. The number of hydrogen-bond donors (Lipinski definition) is 4. The van der Waals surface area contributed by atoms with Gasteiger partial charge in [-0.3, -0.25) is 4.79 Å². The number of nitrogens with one attached hydrogen (secondary N) is 4. The average Bonchev–Trinajstić information content (AvgIpc) is 2.47. The van der Waals surface area contributed by atoms with Crippen LogP contribution in [0.5, 0.6) is 0 Å². The Balaban J connectivity index is 2.53. The smallest absolute Gasteiger partial charge is 0.319 e. The summed E-state index contributed by atoms with van der Waals surface area (Å²) in [5.41, 5.74) is 1.82. The van der Waals surface area contributed by atoms with E-state index in [0.29, 0.717) is 12.2 Å². The summed E-state index contributed by atoms with van der Waals surface area (Å²) in [6, 6.07) is 6.84. The predicted octanol–water partition coefficient (Wildman–Crippen LogP) is 1.61. The summed E-state index contributed by atoms with van der Waals surface area (Å²) in [4.78, 5) is 23.3. The molecule has 0 aromatic heterocycles. The van der Waals surface area contributed by atoms with Crippen molar-refractivity contribution >= 4 is 17.6 Å². The van der Waals surface area contributed by atoms with Crippen molar-refractivity contribution in [3.8, 4) is 0 Å². The van der Waals surface area contributed by atoms with Crippen LogP contribution >= 0.6 is 0 Å². The van der Waals surface area contributed by atoms with Gasteiger partial charge in [-0.05, 0) is 45.5 Å². The Morgan fingerprint density at radius 1 is 1.14 bits per heavy atom. The molecule has 6 heteroatoms. The van der Waals surface area contributed by atoms with Crippen LogP contribution in [0.15, 0.2) is 24.3 Å². The normalized spacial score (nSPS) is 13.1. The van der Waals surface area contributed by atoms with Gasteiger partial charge in [-0.2, -0.15) is 0 Å². The molecule has 0 radical (unpaired) electrons. The zero-order valence-corrected chi connectivity index (χ0v) is 13.0. The van der Waals surface area contributed by atoms with E-state index in [2.05, 4.69) is 28.2 Å². The van der Waals surface area contributed by atoms with Crippen LogP contribution in [0, 0.1) is 0 Å². The minimum absolute atomic E-state index is 0.203. The number of anilines is 1. The van der Waals surface area contributed by atoms with E-state index >= 15 is 0 Å². The molecule has 116 valence electrons. The van der Waals surface area contributed by atoms with Gasteiger partial charge in [0.1, 0.15) is 6.04 Å². The van der Waals surface area contributed by atoms with E-state index < -0.39 is 12.1 Å². The quantitative estimate of drug-likeness (QED) is 0.643.